The summed E-state index contributed by atoms with van der Waals surface area (Å²) in [4.78, 5) is 26.5. The summed E-state index contributed by atoms with van der Waals surface area (Å²) in [6, 6.07) is 5.65. The maximum Gasteiger partial charge on any atom is 0.226 e. The molecule has 0 bridgehead atoms. The van der Waals surface area contributed by atoms with Crippen molar-refractivity contribution in [2.24, 2.45) is 5.92 Å². The zero-order valence-corrected chi connectivity index (χ0v) is 20.3. The van der Waals surface area contributed by atoms with Crippen molar-refractivity contribution in [2.75, 3.05) is 0 Å². The first-order chi connectivity index (χ1) is 16.9. The van der Waals surface area contributed by atoms with E-state index in [0.717, 1.165) is 22.3 Å². The first kappa shape index (κ1) is 22.3. The Hall–Kier alpha value is -3.14. The fraction of sp³-hybridized carbons (Fsp3) is 0.333. The van der Waals surface area contributed by atoms with Gasteiger partial charge in [-0.1, -0.05) is 23.2 Å². The molecule has 35 heavy (non-hydrogen) atoms. The predicted octanol–water partition coefficient (Wildman–Crippen LogP) is 4.41. The van der Waals surface area contributed by atoms with Gasteiger partial charge in [0.1, 0.15) is 17.5 Å². The van der Waals surface area contributed by atoms with Crippen molar-refractivity contribution in [1.82, 2.24) is 30.0 Å². The summed E-state index contributed by atoms with van der Waals surface area (Å²) in [5.74, 6) is 1.27. The summed E-state index contributed by atoms with van der Waals surface area (Å²) in [6.45, 7) is 2.82. The van der Waals surface area contributed by atoms with Crippen LogP contribution in [0.4, 0.5) is 0 Å². The van der Waals surface area contributed by atoms with Crippen LogP contribution in [0, 0.1) is 5.92 Å². The van der Waals surface area contributed by atoms with Crippen LogP contribution in [0.25, 0.3) is 22.4 Å². The Bertz CT molecular complexity index is 1400. The lowest BCUT2D eigenvalue weighted by Gasteiger charge is -2.33. The highest BCUT2D eigenvalue weighted by molar-refractivity contribution is 6.35. The van der Waals surface area contributed by atoms with Crippen molar-refractivity contribution in [2.45, 2.75) is 45.1 Å². The molecule has 11 heteroatoms. The van der Waals surface area contributed by atoms with E-state index < -0.39 is 6.10 Å². The number of aliphatic hydroxyl groups excluding tert-OH is 1. The number of nitrogens with one attached hydrogen (secondary N) is 2. The number of carbonyl (C=O) groups excluding carboxylic acids is 1. The van der Waals surface area contributed by atoms with E-state index in [2.05, 4.69) is 20.2 Å². The van der Waals surface area contributed by atoms with E-state index in [1.807, 2.05) is 25.1 Å². The van der Waals surface area contributed by atoms with Crippen LogP contribution in [-0.4, -0.2) is 47.2 Å². The van der Waals surface area contributed by atoms with Crippen LogP contribution >= 0.6 is 23.2 Å². The Morgan fingerprint density at radius 3 is 2.71 bits per heavy atom. The number of carbonyl (C=O) groups is 1. The molecule has 180 valence electrons. The Balaban J connectivity index is 1.23. The van der Waals surface area contributed by atoms with Crippen LogP contribution in [0.2, 0.25) is 10.0 Å². The van der Waals surface area contributed by atoms with E-state index in [1.54, 1.807) is 17.3 Å². The monoisotopic (exact) mass is 512 g/mol. The summed E-state index contributed by atoms with van der Waals surface area (Å²) in [5, 5.41) is 18.7. The van der Waals surface area contributed by atoms with Crippen molar-refractivity contribution < 1.29 is 14.6 Å². The summed E-state index contributed by atoms with van der Waals surface area (Å²) in [7, 11) is 0. The number of imidazole rings is 1. The standard InChI is InChI=1S/C24H22Cl2N6O3/c1-11(21-16(25)7-27-8-17(21)26)35-14-2-3-18-15(6-14)22(31-30-18)23-28-19-9-32(10-20(19)29-23)24(34)12-4-13(33)5-12/h2-3,6-8,11-13,33H,4-5,9-10H2,1H3,(H,28,29)(H,30,31). The van der Waals surface area contributed by atoms with E-state index in [4.69, 9.17) is 32.9 Å². The van der Waals surface area contributed by atoms with Crippen molar-refractivity contribution in [3.63, 3.8) is 0 Å². The van der Waals surface area contributed by atoms with Crippen LogP contribution in [0.15, 0.2) is 30.6 Å². The Morgan fingerprint density at radius 2 is 2.00 bits per heavy atom. The largest absolute Gasteiger partial charge is 0.486 e. The van der Waals surface area contributed by atoms with Crippen LogP contribution in [0.1, 0.15) is 42.8 Å². The quantitative estimate of drug-likeness (QED) is 0.364. The number of aromatic nitrogens is 5. The molecule has 0 spiro atoms. The molecule has 4 aromatic rings. The van der Waals surface area contributed by atoms with Crippen LogP contribution in [0.3, 0.4) is 0 Å². The number of hydrogen-bond acceptors (Lipinski definition) is 6. The Kier molecular flexibility index (Phi) is 5.43. The SMILES string of the molecule is CC(Oc1ccc2[nH]nc(-c3nc4c([nH]3)CN(C(=O)C3CC(O)C3)C4)c2c1)c1c(Cl)cncc1Cl. The molecule has 1 aliphatic carbocycles. The third-order valence-corrected chi connectivity index (χ3v) is 7.30. The predicted molar refractivity (Wildman–Crippen MR) is 130 cm³/mol. The number of hydrogen-bond donors (Lipinski definition) is 3. The van der Waals surface area contributed by atoms with Gasteiger partial charge in [0, 0.05) is 29.3 Å². The number of nitrogens with zero attached hydrogens (tertiary/aromatic N) is 4. The topological polar surface area (TPSA) is 120 Å². The highest BCUT2D eigenvalue weighted by Crippen LogP contribution is 2.36. The number of aliphatic hydroxyl groups is 1. The molecule has 3 N–H and O–H groups in total. The average Bonchev–Trinajstić information content (AvgIpc) is 3.49. The molecule has 0 radical (unpaired) electrons. The maximum absolute atomic E-state index is 12.6. The molecule has 1 aromatic carbocycles. The number of halogens is 2. The second-order valence-electron chi connectivity index (χ2n) is 9.08. The molecule has 1 unspecified atom stereocenters. The van der Waals surface area contributed by atoms with Gasteiger partial charge in [-0.15, -0.1) is 0 Å². The Morgan fingerprint density at radius 1 is 1.23 bits per heavy atom. The summed E-state index contributed by atoms with van der Waals surface area (Å²) >= 11 is 12.6. The van der Waals surface area contributed by atoms with Gasteiger partial charge < -0.3 is 19.7 Å². The number of amides is 1. The molecule has 1 atom stereocenters. The zero-order chi connectivity index (χ0) is 24.3. The minimum absolute atomic E-state index is 0.0820. The second-order valence-corrected chi connectivity index (χ2v) is 9.90. The van der Waals surface area contributed by atoms with Crippen molar-refractivity contribution in [3.8, 4) is 17.3 Å². The van der Waals surface area contributed by atoms with Crippen molar-refractivity contribution in [1.29, 1.82) is 0 Å². The van der Waals surface area contributed by atoms with Crippen LogP contribution < -0.4 is 4.74 Å². The van der Waals surface area contributed by atoms with Crippen LogP contribution in [-0.2, 0) is 17.9 Å². The van der Waals surface area contributed by atoms with Gasteiger partial charge in [-0.2, -0.15) is 5.10 Å². The number of fused-ring (bicyclic) bond motifs is 2. The third kappa shape index (κ3) is 3.93. The number of benzene rings is 1. The molecule has 1 saturated carbocycles. The fourth-order valence-electron chi connectivity index (χ4n) is 4.77. The second kappa shape index (κ2) is 8.51. The lowest BCUT2D eigenvalue weighted by molar-refractivity contribution is -0.143. The first-order valence-electron chi connectivity index (χ1n) is 11.4. The molecule has 6 rings (SSSR count). The molecular formula is C24H22Cl2N6O3. The normalized spacial score (nSPS) is 20.1. The number of aromatic amines is 2. The van der Waals surface area contributed by atoms with Crippen molar-refractivity contribution >= 4 is 40.0 Å². The molecule has 1 fully saturated rings. The highest BCUT2D eigenvalue weighted by Gasteiger charge is 2.38. The summed E-state index contributed by atoms with van der Waals surface area (Å²) in [5.41, 5.74) is 3.94. The molecule has 0 saturated heterocycles. The van der Waals surface area contributed by atoms with Gasteiger partial charge in [0.15, 0.2) is 5.82 Å². The third-order valence-electron chi connectivity index (χ3n) is 6.70. The highest BCUT2D eigenvalue weighted by atomic mass is 35.5. The van der Waals surface area contributed by atoms with Gasteiger partial charge in [0.05, 0.1) is 46.1 Å². The van der Waals surface area contributed by atoms with Crippen molar-refractivity contribution in [3.05, 3.63) is 57.6 Å². The van der Waals surface area contributed by atoms with Gasteiger partial charge in [0.25, 0.3) is 0 Å². The van der Waals surface area contributed by atoms with Gasteiger partial charge in [-0.05, 0) is 38.0 Å². The van der Waals surface area contributed by atoms with Gasteiger partial charge >= 0.3 is 0 Å². The summed E-state index contributed by atoms with van der Waals surface area (Å²) < 4.78 is 6.15. The van der Waals surface area contributed by atoms with E-state index in [-0.39, 0.29) is 17.9 Å². The van der Waals surface area contributed by atoms with E-state index in [0.29, 0.717) is 58.8 Å². The fourth-order valence-corrected chi connectivity index (χ4v) is 5.44. The number of pyridine rings is 1. The lowest BCUT2D eigenvalue weighted by Crippen LogP contribution is -2.41. The van der Waals surface area contributed by atoms with Gasteiger partial charge in [-0.3, -0.25) is 14.9 Å². The van der Waals surface area contributed by atoms with E-state index in [1.165, 1.54) is 0 Å². The van der Waals surface area contributed by atoms with E-state index >= 15 is 0 Å². The molecular weight excluding hydrogens is 491 g/mol. The molecule has 2 aliphatic rings. The molecule has 1 amide bonds. The maximum atomic E-state index is 12.6. The Labute approximate surface area is 210 Å². The molecule has 4 heterocycles. The lowest BCUT2D eigenvalue weighted by atomic mass is 9.81. The molecule has 3 aromatic heterocycles. The smallest absolute Gasteiger partial charge is 0.226 e. The number of rotatable bonds is 5. The minimum atomic E-state index is -0.390. The zero-order valence-electron chi connectivity index (χ0n) is 18.8. The van der Waals surface area contributed by atoms with Gasteiger partial charge in [-0.25, -0.2) is 4.98 Å². The van der Waals surface area contributed by atoms with Gasteiger partial charge in [0.2, 0.25) is 5.91 Å². The summed E-state index contributed by atoms with van der Waals surface area (Å²) in [6.07, 6.45) is 3.44. The molecule has 1 aliphatic heterocycles. The number of ether oxygens (including phenoxy) is 1. The minimum Gasteiger partial charge on any atom is -0.486 e. The average molecular weight is 513 g/mol. The van der Waals surface area contributed by atoms with E-state index in [9.17, 15) is 9.90 Å². The van der Waals surface area contributed by atoms with Crippen LogP contribution in [0.5, 0.6) is 5.75 Å². The molecule has 9 nitrogen and oxygen atoms in total. The number of H-pyrrole nitrogens is 2. The first-order valence-corrected chi connectivity index (χ1v) is 12.1.